The molecule has 0 radical (unpaired) electrons. The quantitative estimate of drug-likeness (QED) is 0.895. The molecule has 0 atom stereocenters. The second-order valence-electron chi connectivity index (χ2n) is 3.78. The first kappa shape index (κ1) is 12.5. The van der Waals surface area contributed by atoms with E-state index in [9.17, 15) is 8.42 Å². The number of nitrogens with one attached hydrogen (secondary N) is 1. The van der Waals surface area contributed by atoms with Crippen LogP contribution in [0.3, 0.4) is 0 Å². The number of ether oxygens (including phenoxy) is 2. The number of hydrogen-bond donors (Lipinski definition) is 1. The molecular weight excluding hydrogens is 254 g/mol. The minimum Gasteiger partial charge on any atom is -0.464 e. The average Bonchev–Trinajstić information content (AvgIpc) is 2.37. The highest BCUT2D eigenvalue weighted by atomic mass is 32.2. The third-order valence-corrected chi connectivity index (χ3v) is 3.45. The van der Waals surface area contributed by atoms with Crippen molar-refractivity contribution < 1.29 is 17.9 Å². The molecule has 96 valence electrons. The third-order valence-electron chi connectivity index (χ3n) is 2.32. The summed E-state index contributed by atoms with van der Waals surface area (Å²) in [7, 11) is -3.14. The molecule has 0 saturated heterocycles. The minimum absolute atomic E-state index is 0.311. The molecule has 1 aromatic rings. The SMILES string of the molecule is CS(=O)(=O)c1ccc(CNC2=COC=CO2)cc1. The average molecular weight is 267 g/mol. The van der Waals surface area contributed by atoms with Gasteiger partial charge in [-0.15, -0.1) is 0 Å². The molecule has 0 fully saturated rings. The zero-order valence-corrected chi connectivity index (χ0v) is 10.6. The van der Waals surface area contributed by atoms with E-state index >= 15 is 0 Å². The van der Waals surface area contributed by atoms with Crippen molar-refractivity contribution in [2.75, 3.05) is 6.26 Å². The molecule has 0 aromatic heterocycles. The van der Waals surface area contributed by atoms with E-state index in [4.69, 9.17) is 9.47 Å². The van der Waals surface area contributed by atoms with Gasteiger partial charge in [-0.2, -0.15) is 0 Å². The Balaban J connectivity index is 1.96. The van der Waals surface area contributed by atoms with Crippen LogP contribution in [0.25, 0.3) is 0 Å². The fourth-order valence-corrected chi connectivity index (χ4v) is 2.02. The van der Waals surface area contributed by atoms with Crippen molar-refractivity contribution in [2.45, 2.75) is 11.4 Å². The Morgan fingerprint density at radius 1 is 1.17 bits per heavy atom. The van der Waals surface area contributed by atoms with Gasteiger partial charge in [0.25, 0.3) is 0 Å². The summed E-state index contributed by atoms with van der Waals surface area (Å²) in [6, 6.07) is 6.67. The van der Waals surface area contributed by atoms with Gasteiger partial charge in [0.1, 0.15) is 12.5 Å². The molecule has 1 heterocycles. The van der Waals surface area contributed by atoms with Crippen LogP contribution in [0.2, 0.25) is 0 Å². The van der Waals surface area contributed by atoms with Crippen LogP contribution in [0.5, 0.6) is 0 Å². The van der Waals surface area contributed by atoms with E-state index < -0.39 is 9.84 Å². The van der Waals surface area contributed by atoms with Crippen LogP contribution in [-0.4, -0.2) is 14.7 Å². The van der Waals surface area contributed by atoms with Crippen molar-refractivity contribution in [3.05, 3.63) is 54.5 Å². The smallest absolute Gasteiger partial charge is 0.228 e. The number of rotatable bonds is 4. The van der Waals surface area contributed by atoms with Gasteiger partial charge in [0.05, 0.1) is 4.90 Å². The van der Waals surface area contributed by atoms with Gasteiger partial charge in [0.2, 0.25) is 5.88 Å². The Hall–Kier alpha value is -1.95. The normalized spacial score (nSPS) is 14.4. The van der Waals surface area contributed by atoms with Crippen LogP contribution in [0.1, 0.15) is 5.56 Å². The summed E-state index contributed by atoms with van der Waals surface area (Å²) in [6.07, 6.45) is 5.48. The summed E-state index contributed by atoms with van der Waals surface area (Å²) in [4.78, 5) is 0.311. The molecule has 6 heteroatoms. The van der Waals surface area contributed by atoms with E-state index in [1.165, 1.54) is 25.0 Å². The zero-order valence-electron chi connectivity index (χ0n) is 9.79. The Kier molecular flexibility index (Phi) is 3.57. The molecule has 0 amide bonds. The molecule has 1 N–H and O–H groups in total. The Bertz CT molecular complexity index is 573. The third kappa shape index (κ3) is 3.27. The maximum Gasteiger partial charge on any atom is 0.228 e. The molecule has 0 unspecified atom stereocenters. The summed E-state index contributed by atoms with van der Waals surface area (Å²) in [5.74, 6) is 0.504. The maximum atomic E-state index is 11.3. The summed E-state index contributed by atoms with van der Waals surface area (Å²) >= 11 is 0. The van der Waals surface area contributed by atoms with Crippen molar-refractivity contribution in [3.8, 4) is 0 Å². The van der Waals surface area contributed by atoms with Gasteiger partial charge in [-0.1, -0.05) is 12.1 Å². The van der Waals surface area contributed by atoms with Crippen LogP contribution >= 0.6 is 0 Å². The van der Waals surface area contributed by atoms with E-state index in [0.717, 1.165) is 5.56 Å². The first-order valence-electron chi connectivity index (χ1n) is 5.26. The highest BCUT2D eigenvalue weighted by molar-refractivity contribution is 7.90. The molecule has 1 aromatic carbocycles. The Morgan fingerprint density at radius 3 is 2.44 bits per heavy atom. The van der Waals surface area contributed by atoms with Gasteiger partial charge in [-0.3, -0.25) is 0 Å². The molecule has 0 saturated carbocycles. The predicted octanol–water partition coefficient (Wildman–Crippen LogP) is 1.50. The van der Waals surface area contributed by atoms with Crippen molar-refractivity contribution in [2.24, 2.45) is 0 Å². The summed E-state index contributed by atoms with van der Waals surface area (Å²) in [6.45, 7) is 0.521. The predicted molar refractivity (Wildman–Crippen MR) is 65.8 cm³/mol. The van der Waals surface area contributed by atoms with E-state index in [1.54, 1.807) is 24.3 Å². The monoisotopic (exact) mass is 267 g/mol. The summed E-state index contributed by atoms with van der Waals surface area (Å²) in [5.41, 5.74) is 0.946. The van der Waals surface area contributed by atoms with Gasteiger partial charge < -0.3 is 14.8 Å². The summed E-state index contributed by atoms with van der Waals surface area (Å²) in [5, 5.41) is 3.01. The second-order valence-corrected chi connectivity index (χ2v) is 5.79. The van der Waals surface area contributed by atoms with Crippen LogP contribution in [0.4, 0.5) is 0 Å². The Morgan fingerprint density at radius 2 is 1.89 bits per heavy atom. The first-order chi connectivity index (χ1) is 8.55. The number of sulfone groups is 1. The molecule has 1 aliphatic heterocycles. The maximum absolute atomic E-state index is 11.3. The van der Waals surface area contributed by atoms with Gasteiger partial charge in [-0.25, -0.2) is 8.42 Å². The van der Waals surface area contributed by atoms with Gasteiger partial charge in [0, 0.05) is 12.8 Å². The second kappa shape index (κ2) is 5.14. The molecular formula is C12H13NO4S. The number of hydrogen-bond acceptors (Lipinski definition) is 5. The molecule has 1 aliphatic rings. The highest BCUT2D eigenvalue weighted by Crippen LogP contribution is 2.11. The Labute approximate surface area is 106 Å². The lowest BCUT2D eigenvalue weighted by atomic mass is 10.2. The van der Waals surface area contributed by atoms with Crippen LogP contribution < -0.4 is 5.32 Å². The highest BCUT2D eigenvalue weighted by Gasteiger charge is 2.06. The van der Waals surface area contributed by atoms with Crippen molar-refractivity contribution >= 4 is 9.84 Å². The van der Waals surface area contributed by atoms with E-state index in [1.807, 2.05) is 0 Å². The van der Waals surface area contributed by atoms with Gasteiger partial charge >= 0.3 is 0 Å². The van der Waals surface area contributed by atoms with Crippen LogP contribution in [0.15, 0.2) is 53.8 Å². The molecule has 2 rings (SSSR count). The molecule has 0 aliphatic carbocycles. The zero-order chi connectivity index (χ0) is 13.0. The van der Waals surface area contributed by atoms with E-state index in [-0.39, 0.29) is 0 Å². The molecule has 0 spiro atoms. The lowest BCUT2D eigenvalue weighted by Gasteiger charge is -2.12. The lowest BCUT2D eigenvalue weighted by molar-refractivity contribution is 0.233. The standard InChI is InChI=1S/C12H13NO4S/c1-18(14,15)11-4-2-10(3-5-11)8-13-12-9-16-6-7-17-12/h2-7,9,13H,8H2,1H3. The van der Waals surface area contributed by atoms with Gasteiger partial charge in [0.15, 0.2) is 16.1 Å². The molecule has 5 nitrogen and oxygen atoms in total. The van der Waals surface area contributed by atoms with Crippen molar-refractivity contribution in [1.29, 1.82) is 0 Å². The first-order valence-corrected chi connectivity index (χ1v) is 7.15. The lowest BCUT2D eigenvalue weighted by Crippen LogP contribution is -2.15. The summed E-state index contributed by atoms with van der Waals surface area (Å²) < 4.78 is 32.6. The van der Waals surface area contributed by atoms with Crippen molar-refractivity contribution in [3.63, 3.8) is 0 Å². The fourth-order valence-electron chi connectivity index (χ4n) is 1.39. The molecule has 18 heavy (non-hydrogen) atoms. The number of benzene rings is 1. The van der Waals surface area contributed by atoms with Gasteiger partial charge in [-0.05, 0) is 17.7 Å². The van der Waals surface area contributed by atoms with Crippen LogP contribution in [-0.2, 0) is 25.9 Å². The van der Waals surface area contributed by atoms with E-state index in [0.29, 0.717) is 17.3 Å². The van der Waals surface area contributed by atoms with E-state index in [2.05, 4.69) is 5.32 Å². The van der Waals surface area contributed by atoms with Crippen LogP contribution in [0, 0.1) is 0 Å². The minimum atomic E-state index is -3.14. The topological polar surface area (TPSA) is 64.6 Å². The van der Waals surface area contributed by atoms with Crippen molar-refractivity contribution in [1.82, 2.24) is 5.32 Å². The molecule has 0 bridgehead atoms. The largest absolute Gasteiger partial charge is 0.464 e. The fraction of sp³-hybridized carbons (Fsp3) is 0.167.